The molecule has 0 aromatic rings. The van der Waals surface area contributed by atoms with Crippen molar-refractivity contribution in [2.24, 2.45) is 5.41 Å². The molecular weight excluding hydrogens is 329 g/mol. The standard InChI is InChI=1S/C11H13F7O4/c1-8(2,3)7(20)21-4-6(19)22-5-9(12,13)10(14,15)11(16,17)18/h4-5H2,1-3H3. The number of alkyl halides is 7. The molecule has 0 saturated heterocycles. The smallest absolute Gasteiger partial charge is 0.456 e. The molecule has 0 fully saturated rings. The van der Waals surface area contributed by atoms with Crippen LogP contribution in [0.2, 0.25) is 0 Å². The van der Waals surface area contributed by atoms with Crippen LogP contribution in [0.4, 0.5) is 30.7 Å². The van der Waals surface area contributed by atoms with E-state index in [0.717, 1.165) is 0 Å². The van der Waals surface area contributed by atoms with Gasteiger partial charge in [-0.1, -0.05) is 0 Å². The third-order valence-electron chi connectivity index (χ3n) is 2.16. The molecule has 0 aliphatic heterocycles. The molecule has 0 rings (SSSR count). The van der Waals surface area contributed by atoms with Crippen molar-refractivity contribution in [2.75, 3.05) is 13.2 Å². The van der Waals surface area contributed by atoms with Crippen molar-refractivity contribution in [1.82, 2.24) is 0 Å². The third-order valence-corrected chi connectivity index (χ3v) is 2.16. The van der Waals surface area contributed by atoms with E-state index >= 15 is 0 Å². The Labute approximate surface area is 120 Å². The fourth-order valence-electron chi connectivity index (χ4n) is 0.852. The van der Waals surface area contributed by atoms with Gasteiger partial charge < -0.3 is 9.47 Å². The summed E-state index contributed by atoms with van der Waals surface area (Å²) in [6.07, 6.45) is -6.51. The molecular formula is C11H13F7O4. The van der Waals surface area contributed by atoms with Crippen LogP contribution >= 0.6 is 0 Å². The Balaban J connectivity index is 4.56. The lowest BCUT2D eigenvalue weighted by atomic mass is 9.97. The Morgan fingerprint density at radius 3 is 1.68 bits per heavy atom. The Bertz CT molecular complexity index is 423. The molecule has 0 aliphatic carbocycles. The van der Waals surface area contributed by atoms with Crippen LogP contribution in [-0.2, 0) is 19.1 Å². The molecule has 0 aromatic heterocycles. The summed E-state index contributed by atoms with van der Waals surface area (Å²) in [6.45, 7) is 0.505. The van der Waals surface area contributed by atoms with E-state index in [9.17, 15) is 40.3 Å². The van der Waals surface area contributed by atoms with Crippen molar-refractivity contribution in [3.8, 4) is 0 Å². The van der Waals surface area contributed by atoms with Gasteiger partial charge in [0.15, 0.2) is 13.2 Å². The van der Waals surface area contributed by atoms with Gasteiger partial charge in [0.25, 0.3) is 0 Å². The topological polar surface area (TPSA) is 52.6 Å². The number of ether oxygens (including phenoxy) is 2. The van der Waals surface area contributed by atoms with Crippen molar-refractivity contribution in [2.45, 2.75) is 38.8 Å². The minimum absolute atomic E-state index is 0.920. The Morgan fingerprint density at radius 2 is 1.32 bits per heavy atom. The summed E-state index contributed by atoms with van der Waals surface area (Å²) in [4.78, 5) is 22.2. The van der Waals surface area contributed by atoms with Crippen LogP contribution in [0.25, 0.3) is 0 Å². The van der Waals surface area contributed by atoms with E-state index in [2.05, 4.69) is 9.47 Å². The van der Waals surface area contributed by atoms with E-state index in [1.165, 1.54) is 20.8 Å². The normalized spacial score (nSPS) is 13.7. The van der Waals surface area contributed by atoms with Gasteiger partial charge in [-0.2, -0.15) is 30.7 Å². The maximum absolute atomic E-state index is 12.8. The largest absolute Gasteiger partial charge is 0.460 e. The zero-order valence-electron chi connectivity index (χ0n) is 11.7. The summed E-state index contributed by atoms with van der Waals surface area (Å²) in [5.74, 6) is -14.6. The van der Waals surface area contributed by atoms with Crippen LogP contribution in [0.3, 0.4) is 0 Å². The summed E-state index contributed by atoms with van der Waals surface area (Å²) in [5, 5.41) is 0. The Morgan fingerprint density at radius 1 is 0.864 bits per heavy atom. The molecule has 0 radical (unpaired) electrons. The summed E-state index contributed by atoms with van der Waals surface area (Å²) >= 11 is 0. The van der Waals surface area contributed by atoms with E-state index in [0.29, 0.717) is 0 Å². The third kappa shape index (κ3) is 5.02. The van der Waals surface area contributed by atoms with Crippen molar-refractivity contribution in [3.05, 3.63) is 0 Å². The molecule has 22 heavy (non-hydrogen) atoms. The van der Waals surface area contributed by atoms with Crippen LogP contribution in [-0.4, -0.2) is 43.2 Å². The van der Waals surface area contributed by atoms with Gasteiger partial charge >= 0.3 is 30.0 Å². The van der Waals surface area contributed by atoms with Gasteiger partial charge in [-0.25, -0.2) is 4.79 Å². The van der Waals surface area contributed by atoms with Gasteiger partial charge in [0.2, 0.25) is 0 Å². The molecule has 0 N–H and O–H groups in total. The van der Waals surface area contributed by atoms with Crippen molar-refractivity contribution >= 4 is 11.9 Å². The van der Waals surface area contributed by atoms with E-state index in [4.69, 9.17) is 0 Å². The van der Waals surface area contributed by atoms with Gasteiger partial charge in [0.05, 0.1) is 5.41 Å². The zero-order valence-corrected chi connectivity index (χ0v) is 11.7. The highest BCUT2D eigenvalue weighted by Gasteiger charge is 2.73. The van der Waals surface area contributed by atoms with Gasteiger partial charge in [0, 0.05) is 0 Å². The highest BCUT2D eigenvalue weighted by atomic mass is 19.4. The van der Waals surface area contributed by atoms with E-state index < -0.39 is 48.6 Å². The van der Waals surface area contributed by atoms with Crippen molar-refractivity contribution < 1.29 is 49.8 Å². The second kappa shape index (κ2) is 6.29. The van der Waals surface area contributed by atoms with Gasteiger partial charge in [-0.3, -0.25) is 4.79 Å². The molecule has 0 bridgehead atoms. The van der Waals surface area contributed by atoms with Gasteiger partial charge in [-0.15, -0.1) is 0 Å². The SMILES string of the molecule is CC(C)(C)C(=O)OCC(=O)OCC(F)(F)C(F)(F)C(F)(F)F. The lowest BCUT2D eigenvalue weighted by Crippen LogP contribution is -2.54. The second-order valence-electron chi connectivity index (χ2n) is 5.26. The molecule has 130 valence electrons. The molecule has 0 aliphatic rings. The summed E-state index contributed by atoms with van der Waals surface area (Å²) < 4.78 is 93.9. The number of carbonyl (C=O) groups excluding carboxylic acids is 2. The number of hydrogen-bond acceptors (Lipinski definition) is 4. The number of halogens is 7. The maximum atomic E-state index is 12.8. The summed E-state index contributed by atoms with van der Waals surface area (Å²) in [5.41, 5.74) is -1.03. The molecule has 0 saturated carbocycles. The lowest BCUT2D eigenvalue weighted by molar-refractivity contribution is -0.359. The molecule has 11 heteroatoms. The first-order valence-corrected chi connectivity index (χ1v) is 5.67. The maximum Gasteiger partial charge on any atom is 0.460 e. The van der Waals surface area contributed by atoms with Crippen molar-refractivity contribution in [1.29, 1.82) is 0 Å². The summed E-state index contributed by atoms with van der Waals surface area (Å²) in [7, 11) is 0. The average Bonchev–Trinajstić information content (AvgIpc) is 2.30. The lowest BCUT2D eigenvalue weighted by Gasteiger charge is -2.27. The minimum atomic E-state index is -6.51. The number of rotatable bonds is 5. The van der Waals surface area contributed by atoms with Crippen LogP contribution in [0.15, 0.2) is 0 Å². The second-order valence-corrected chi connectivity index (χ2v) is 5.26. The average molecular weight is 342 g/mol. The monoisotopic (exact) mass is 342 g/mol. The Hall–Kier alpha value is -1.55. The zero-order chi connectivity index (χ0) is 18.0. The van der Waals surface area contributed by atoms with Crippen LogP contribution in [0.1, 0.15) is 20.8 Å². The summed E-state index contributed by atoms with van der Waals surface area (Å²) in [6, 6.07) is 0. The van der Waals surface area contributed by atoms with Crippen molar-refractivity contribution in [3.63, 3.8) is 0 Å². The molecule has 0 aromatic carbocycles. The number of esters is 2. The number of carbonyl (C=O) groups is 2. The highest BCUT2D eigenvalue weighted by Crippen LogP contribution is 2.46. The quantitative estimate of drug-likeness (QED) is 0.569. The number of hydrogen-bond donors (Lipinski definition) is 0. The molecule has 4 nitrogen and oxygen atoms in total. The molecule has 0 atom stereocenters. The van der Waals surface area contributed by atoms with Gasteiger partial charge in [-0.05, 0) is 20.8 Å². The van der Waals surface area contributed by atoms with E-state index in [1.54, 1.807) is 0 Å². The first kappa shape index (κ1) is 20.5. The fraction of sp³-hybridized carbons (Fsp3) is 0.818. The van der Waals surface area contributed by atoms with Crippen LogP contribution < -0.4 is 0 Å². The predicted molar refractivity (Wildman–Crippen MR) is 57.3 cm³/mol. The van der Waals surface area contributed by atoms with Crippen LogP contribution in [0.5, 0.6) is 0 Å². The minimum Gasteiger partial charge on any atom is -0.456 e. The van der Waals surface area contributed by atoms with Gasteiger partial charge in [0.1, 0.15) is 0 Å². The molecule has 0 amide bonds. The molecule has 0 spiro atoms. The molecule has 0 heterocycles. The fourth-order valence-corrected chi connectivity index (χ4v) is 0.852. The van der Waals surface area contributed by atoms with Crippen LogP contribution in [0, 0.1) is 5.41 Å². The van der Waals surface area contributed by atoms with E-state index in [-0.39, 0.29) is 0 Å². The highest BCUT2D eigenvalue weighted by molar-refractivity contribution is 5.79. The first-order chi connectivity index (χ1) is 9.52. The predicted octanol–water partition coefficient (Wildman–Crippen LogP) is 2.95. The first-order valence-electron chi connectivity index (χ1n) is 5.67. The molecule has 0 unspecified atom stereocenters. The van der Waals surface area contributed by atoms with E-state index in [1.807, 2.05) is 0 Å². The Kier molecular flexibility index (Phi) is 5.84.